The highest BCUT2D eigenvalue weighted by molar-refractivity contribution is 7.88. The van der Waals surface area contributed by atoms with Crippen LogP contribution in [0.2, 0.25) is 0 Å². The summed E-state index contributed by atoms with van der Waals surface area (Å²) in [4.78, 5) is 5.50. The Hall–Kier alpha value is -0.500. The topological polar surface area (TPSA) is 85.1 Å². The molecule has 1 rings (SSSR count). The Balaban J connectivity index is 2.86. The molecule has 0 unspecified atom stereocenters. The van der Waals surface area contributed by atoms with Crippen LogP contribution in [0.15, 0.2) is 0 Å². The fourth-order valence-corrected chi connectivity index (χ4v) is 3.54. The molecule has 0 aromatic carbocycles. The first kappa shape index (κ1) is 15.6. The van der Waals surface area contributed by atoms with E-state index in [2.05, 4.69) is 31.1 Å². The van der Waals surface area contributed by atoms with E-state index in [-0.39, 0.29) is 5.75 Å². The molecule has 3 N–H and O–H groups in total. The Labute approximate surface area is 113 Å². The number of thiazole rings is 1. The second kappa shape index (κ2) is 6.60. The van der Waals surface area contributed by atoms with E-state index in [1.165, 1.54) is 11.3 Å². The van der Waals surface area contributed by atoms with Crippen molar-refractivity contribution in [3.8, 4) is 0 Å². The Morgan fingerprint density at radius 2 is 2.11 bits per heavy atom. The molecule has 7 heteroatoms. The minimum Gasteiger partial charge on any atom is -0.310 e. The molecule has 1 aromatic rings. The minimum atomic E-state index is -3.50. The molecule has 0 saturated carbocycles. The summed E-state index contributed by atoms with van der Waals surface area (Å²) in [7, 11) is -3.50. The van der Waals surface area contributed by atoms with E-state index in [9.17, 15) is 8.42 Å². The third-order valence-electron chi connectivity index (χ3n) is 2.30. The van der Waals surface area contributed by atoms with Crippen LogP contribution in [0.25, 0.3) is 0 Å². The van der Waals surface area contributed by atoms with Gasteiger partial charge in [-0.3, -0.25) is 0 Å². The van der Waals surface area contributed by atoms with E-state index >= 15 is 0 Å². The van der Waals surface area contributed by atoms with Crippen molar-refractivity contribution in [3.05, 3.63) is 15.6 Å². The second-order valence-electron chi connectivity index (χ2n) is 4.57. The molecule has 0 atom stereocenters. The van der Waals surface area contributed by atoms with Gasteiger partial charge in [-0.1, -0.05) is 27.2 Å². The molecular weight excluding hydrogens is 270 g/mol. The van der Waals surface area contributed by atoms with Crippen molar-refractivity contribution in [1.82, 2.24) is 10.3 Å². The smallest absolute Gasteiger partial charge is 0.215 e. The molecule has 0 amide bonds. The van der Waals surface area contributed by atoms with Crippen LogP contribution in [-0.2, 0) is 28.7 Å². The van der Waals surface area contributed by atoms with Crippen molar-refractivity contribution >= 4 is 21.4 Å². The summed E-state index contributed by atoms with van der Waals surface area (Å²) in [5.74, 6) is -0.171. The highest BCUT2D eigenvalue weighted by atomic mass is 32.2. The molecule has 0 aliphatic heterocycles. The van der Waals surface area contributed by atoms with E-state index in [1.54, 1.807) is 0 Å². The van der Waals surface area contributed by atoms with Crippen molar-refractivity contribution in [1.29, 1.82) is 0 Å². The zero-order valence-electron chi connectivity index (χ0n) is 11.1. The molecule has 18 heavy (non-hydrogen) atoms. The largest absolute Gasteiger partial charge is 0.310 e. The molecule has 1 heterocycles. The van der Waals surface area contributed by atoms with Gasteiger partial charge >= 0.3 is 0 Å². The Morgan fingerprint density at radius 3 is 2.61 bits per heavy atom. The second-order valence-corrected chi connectivity index (χ2v) is 7.35. The van der Waals surface area contributed by atoms with Crippen molar-refractivity contribution in [2.45, 2.75) is 52.0 Å². The SMILES string of the molecule is CCCc1nc(CS(N)(=O)=O)sc1CNC(C)C. The Kier molecular flexibility index (Phi) is 5.71. The van der Waals surface area contributed by atoms with Gasteiger partial charge in [-0.2, -0.15) is 0 Å². The summed E-state index contributed by atoms with van der Waals surface area (Å²) in [6.07, 6.45) is 1.86. The molecule has 0 aliphatic carbocycles. The van der Waals surface area contributed by atoms with E-state index in [0.717, 1.165) is 30.0 Å². The molecular formula is C11H21N3O2S2. The lowest BCUT2D eigenvalue weighted by molar-refractivity contribution is 0.589. The number of aryl methyl sites for hydroxylation is 1. The van der Waals surface area contributed by atoms with Crippen molar-refractivity contribution in [2.24, 2.45) is 5.14 Å². The quantitative estimate of drug-likeness (QED) is 0.795. The van der Waals surface area contributed by atoms with Gasteiger partial charge in [-0.25, -0.2) is 18.5 Å². The summed E-state index contributed by atoms with van der Waals surface area (Å²) in [6.45, 7) is 6.96. The van der Waals surface area contributed by atoms with Crippen molar-refractivity contribution in [3.63, 3.8) is 0 Å². The number of primary sulfonamides is 1. The average molecular weight is 291 g/mol. The highest BCUT2D eigenvalue weighted by Crippen LogP contribution is 2.21. The number of nitrogens with zero attached hydrogens (tertiary/aromatic N) is 1. The van der Waals surface area contributed by atoms with Crippen molar-refractivity contribution < 1.29 is 8.42 Å². The summed E-state index contributed by atoms with van der Waals surface area (Å²) in [5.41, 5.74) is 0.995. The summed E-state index contributed by atoms with van der Waals surface area (Å²) >= 11 is 1.44. The average Bonchev–Trinajstić information content (AvgIpc) is 2.55. The first-order chi connectivity index (χ1) is 8.31. The van der Waals surface area contributed by atoms with Crippen LogP contribution in [0.1, 0.15) is 42.8 Å². The van der Waals surface area contributed by atoms with Crippen LogP contribution in [0, 0.1) is 0 Å². The predicted molar refractivity (Wildman–Crippen MR) is 74.9 cm³/mol. The minimum absolute atomic E-state index is 0.171. The first-order valence-electron chi connectivity index (χ1n) is 6.03. The van der Waals surface area contributed by atoms with Crippen molar-refractivity contribution in [2.75, 3.05) is 0 Å². The summed E-state index contributed by atoms with van der Waals surface area (Å²) < 4.78 is 22.1. The number of nitrogens with two attached hydrogens (primary N) is 1. The Morgan fingerprint density at radius 1 is 1.44 bits per heavy atom. The number of hydrogen-bond acceptors (Lipinski definition) is 5. The van der Waals surface area contributed by atoms with Gasteiger partial charge in [-0.05, 0) is 6.42 Å². The number of sulfonamides is 1. The fraction of sp³-hybridized carbons (Fsp3) is 0.727. The standard InChI is InChI=1S/C11H21N3O2S2/c1-4-5-9-10(6-13-8(2)3)17-11(14-9)7-18(12,15)16/h8,13H,4-7H2,1-3H3,(H2,12,15,16). The molecule has 0 bridgehead atoms. The molecule has 0 spiro atoms. The van der Waals surface area contributed by atoms with Gasteiger partial charge in [0.15, 0.2) is 0 Å². The summed E-state index contributed by atoms with van der Waals surface area (Å²) in [5, 5.41) is 8.96. The molecule has 0 radical (unpaired) electrons. The molecule has 0 fully saturated rings. The van der Waals surface area contributed by atoms with Gasteiger partial charge in [-0.15, -0.1) is 11.3 Å². The van der Waals surface area contributed by atoms with Gasteiger partial charge < -0.3 is 5.32 Å². The third kappa shape index (κ3) is 5.43. The number of aromatic nitrogens is 1. The van der Waals surface area contributed by atoms with Crippen LogP contribution >= 0.6 is 11.3 Å². The van der Waals surface area contributed by atoms with Gasteiger partial charge in [0.05, 0.1) is 5.69 Å². The van der Waals surface area contributed by atoms with Gasteiger partial charge in [0.1, 0.15) is 10.8 Å². The van der Waals surface area contributed by atoms with Gasteiger partial charge in [0.25, 0.3) is 0 Å². The van der Waals surface area contributed by atoms with E-state index in [1.807, 2.05) is 0 Å². The van der Waals surface area contributed by atoms with E-state index in [0.29, 0.717) is 11.0 Å². The number of rotatable bonds is 7. The van der Waals surface area contributed by atoms with Gasteiger partial charge in [0.2, 0.25) is 10.0 Å². The number of nitrogens with one attached hydrogen (secondary N) is 1. The maximum Gasteiger partial charge on any atom is 0.215 e. The fourth-order valence-electron chi connectivity index (χ4n) is 1.54. The van der Waals surface area contributed by atoms with Crippen LogP contribution in [-0.4, -0.2) is 19.4 Å². The zero-order valence-corrected chi connectivity index (χ0v) is 12.7. The van der Waals surface area contributed by atoms with E-state index in [4.69, 9.17) is 5.14 Å². The summed E-state index contributed by atoms with van der Waals surface area (Å²) in [6, 6.07) is 0.392. The van der Waals surface area contributed by atoms with Crippen LogP contribution < -0.4 is 10.5 Å². The maximum absolute atomic E-state index is 11.1. The van der Waals surface area contributed by atoms with E-state index < -0.39 is 10.0 Å². The highest BCUT2D eigenvalue weighted by Gasteiger charge is 2.14. The lowest BCUT2D eigenvalue weighted by atomic mass is 10.2. The monoisotopic (exact) mass is 291 g/mol. The molecule has 104 valence electrons. The predicted octanol–water partition coefficient (Wildman–Crippen LogP) is 1.38. The first-order valence-corrected chi connectivity index (χ1v) is 8.56. The van der Waals surface area contributed by atoms with Crippen LogP contribution in [0.3, 0.4) is 0 Å². The third-order valence-corrected chi connectivity index (χ3v) is 4.26. The number of hydrogen-bond donors (Lipinski definition) is 2. The Bertz CT molecular complexity index is 480. The normalized spacial score (nSPS) is 12.3. The van der Waals surface area contributed by atoms with Crippen LogP contribution in [0.5, 0.6) is 0 Å². The lowest BCUT2D eigenvalue weighted by Gasteiger charge is -2.07. The molecule has 1 aromatic heterocycles. The zero-order chi connectivity index (χ0) is 13.8. The maximum atomic E-state index is 11.1. The van der Waals surface area contributed by atoms with Gasteiger partial charge in [0, 0.05) is 17.5 Å². The molecule has 0 aliphatic rings. The van der Waals surface area contributed by atoms with Crippen LogP contribution in [0.4, 0.5) is 0 Å². The molecule has 5 nitrogen and oxygen atoms in total. The molecule has 0 saturated heterocycles. The lowest BCUT2D eigenvalue weighted by Crippen LogP contribution is -2.21.